The van der Waals surface area contributed by atoms with E-state index < -0.39 is 0 Å². The van der Waals surface area contributed by atoms with Gasteiger partial charge in [0, 0.05) is 13.0 Å². The van der Waals surface area contributed by atoms with Gasteiger partial charge in [0.15, 0.2) is 0 Å². The lowest BCUT2D eigenvalue weighted by atomic mass is 10.2. The quantitative estimate of drug-likeness (QED) is 0.702. The Morgan fingerprint density at radius 3 is 2.86 bits per heavy atom. The lowest BCUT2D eigenvalue weighted by Gasteiger charge is -2.07. The van der Waals surface area contributed by atoms with E-state index in [0.29, 0.717) is 31.2 Å². The van der Waals surface area contributed by atoms with Crippen molar-refractivity contribution in [3.8, 4) is 5.88 Å². The number of methoxy groups -OCH3 is 1. The Hall–Kier alpha value is -1.36. The van der Waals surface area contributed by atoms with Crippen molar-refractivity contribution < 1.29 is 9.47 Å². The fourth-order valence-corrected chi connectivity index (χ4v) is 1.09. The van der Waals surface area contributed by atoms with E-state index in [1.54, 1.807) is 0 Å². The van der Waals surface area contributed by atoms with E-state index in [1.807, 2.05) is 6.92 Å². The molecule has 0 aliphatic carbocycles. The first kappa shape index (κ1) is 10.7. The Balaban J connectivity index is 2.66. The van der Waals surface area contributed by atoms with Gasteiger partial charge < -0.3 is 15.2 Å². The molecule has 1 aromatic heterocycles. The fourth-order valence-electron chi connectivity index (χ4n) is 1.09. The summed E-state index contributed by atoms with van der Waals surface area (Å²) >= 11 is 0. The van der Waals surface area contributed by atoms with Crippen molar-refractivity contribution >= 4 is 5.69 Å². The zero-order chi connectivity index (χ0) is 10.4. The largest absolute Gasteiger partial charge is 0.479 e. The molecule has 2 N–H and O–H groups in total. The first-order valence-electron chi connectivity index (χ1n) is 4.50. The standard InChI is InChI=1S/C9H15N3O2/c1-3-14-5-4-7-8(10)9(13-2)12-6-11-7/h6H,3-5,10H2,1-2H3. The Bertz CT molecular complexity index is 291. The molecule has 0 spiro atoms. The number of rotatable bonds is 5. The molecule has 78 valence electrons. The number of hydrogen-bond donors (Lipinski definition) is 1. The van der Waals surface area contributed by atoms with Crippen LogP contribution in [-0.4, -0.2) is 30.3 Å². The third-order valence-corrected chi connectivity index (χ3v) is 1.81. The summed E-state index contributed by atoms with van der Waals surface area (Å²) in [5.74, 6) is 0.423. The van der Waals surface area contributed by atoms with E-state index >= 15 is 0 Å². The van der Waals surface area contributed by atoms with Gasteiger partial charge in [-0.25, -0.2) is 4.98 Å². The molecule has 0 aliphatic heterocycles. The second kappa shape index (κ2) is 5.39. The number of hydrogen-bond acceptors (Lipinski definition) is 5. The summed E-state index contributed by atoms with van der Waals surface area (Å²) in [4.78, 5) is 7.95. The molecule has 0 aliphatic rings. The Morgan fingerprint density at radius 2 is 2.21 bits per heavy atom. The summed E-state index contributed by atoms with van der Waals surface area (Å²) < 4.78 is 10.2. The number of nitrogens with zero attached hydrogens (tertiary/aromatic N) is 2. The summed E-state index contributed by atoms with van der Waals surface area (Å²) in [6.07, 6.45) is 2.12. The van der Waals surface area contributed by atoms with Crippen LogP contribution in [-0.2, 0) is 11.2 Å². The maximum Gasteiger partial charge on any atom is 0.240 e. The van der Waals surface area contributed by atoms with Crippen LogP contribution in [0.1, 0.15) is 12.6 Å². The molecule has 0 fully saturated rings. The van der Waals surface area contributed by atoms with Crippen LogP contribution in [0.4, 0.5) is 5.69 Å². The third kappa shape index (κ3) is 2.56. The van der Waals surface area contributed by atoms with Crippen LogP contribution in [0.2, 0.25) is 0 Å². The molecule has 0 saturated carbocycles. The molecule has 0 unspecified atom stereocenters. The van der Waals surface area contributed by atoms with Crippen molar-refractivity contribution in [1.29, 1.82) is 0 Å². The summed E-state index contributed by atoms with van der Waals surface area (Å²) in [6, 6.07) is 0. The second-order valence-electron chi connectivity index (χ2n) is 2.69. The second-order valence-corrected chi connectivity index (χ2v) is 2.69. The minimum Gasteiger partial charge on any atom is -0.479 e. The zero-order valence-corrected chi connectivity index (χ0v) is 8.49. The van der Waals surface area contributed by atoms with Crippen LogP contribution in [0.3, 0.4) is 0 Å². The van der Waals surface area contributed by atoms with Crippen molar-refractivity contribution in [1.82, 2.24) is 9.97 Å². The van der Waals surface area contributed by atoms with Gasteiger partial charge in [-0.2, -0.15) is 4.98 Å². The van der Waals surface area contributed by atoms with Gasteiger partial charge in [-0.15, -0.1) is 0 Å². The van der Waals surface area contributed by atoms with Gasteiger partial charge in [0.05, 0.1) is 19.4 Å². The maximum absolute atomic E-state index is 5.77. The van der Waals surface area contributed by atoms with Crippen molar-refractivity contribution in [2.24, 2.45) is 0 Å². The SMILES string of the molecule is CCOCCc1ncnc(OC)c1N. The molecular formula is C9H15N3O2. The molecule has 0 bridgehead atoms. The maximum atomic E-state index is 5.77. The van der Waals surface area contributed by atoms with Crippen LogP contribution in [0.15, 0.2) is 6.33 Å². The molecule has 0 atom stereocenters. The van der Waals surface area contributed by atoms with E-state index in [9.17, 15) is 0 Å². The van der Waals surface area contributed by atoms with E-state index in [1.165, 1.54) is 13.4 Å². The van der Waals surface area contributed by atoms with Crippen molar-refractivity contribution in [2.75, 3.05) is 26.1 Å². The average molecular weight is 197 g/mol. The molecular weight excluding hydrogens is 182 g/mol. The minimum absolute atomic E-state index is 0.423. The van der Waals surface area contributed by atoms with Gasteiger partial charge in [-0.3, -0.25) is 0 Å². The monoisotopic (exact) mass is 197 g/mol. The van der Waals surface area contributed by atoms with Crippen molar-refractivity contribution in [3.63, 3.8) is 0 Å². The highest BCUT2D eigenvalue weighted by atomic mass is 16.5. The highest BCUT2D eigenvalue weighted by molar-refractivity contribution is 5.51. The number of aromatic nitrogens is 2. The summed E-state index contributed by atoms with van der Waals surface area (Å²) in [6.45, 7) is 3.26. The van der Waals surface area contributed by atoms with Gasteiger partial charge in [-0.05, 0) is 6.92 Å². The van der Waals surface area contributed by atoms with Gasteiger partial charge >= 0.3 is 0 Å². The molecule has 1 rings (SSSR count). The normalized spacial score (nSPS) is 10.1. The van der Waals surface area contributed by atoms with E-state index in [2.05, 4.69) is 9.97 Å². The molecule has 5 nitrogen and oxygen atoms in total. The Kier molecular flexibility index (Phi) is 4.12. The predicted molar refractivity (Wildman–Crippen MR) is 53.2 cm³/mol. The first-order chi connectivity index (χ1) is 6.79. The van der Waals surface area contributed by atoms with Crippen LogP contribution in [0, 0.1) is 0 Å². The lowest BCUT2D eigenvalue weighted by molar-refractivity contribution is 0.150. The van der Waals surface area contributed by atoms with E-state index in [4.69, 9.17) is 15.2 Å². The number of nitrogens with two attached hydrogens (primary N) is 1. The Labute approximate surface area is 83.3 Å². The van der Waals surface area contributed by atoms with Gasteiger partial charge in [0.25, 0.3) is 0 Å². The number of ether oxygens (including phenoxy) is 2. The fraction of sp³-hybridized carbons (Fsp3) is 0.556. The lowest BCUT2D eigenvalue weighted by Crippen LogP contribution is -2.06. The molecule has 0 saturated heterocycles. The van der Waals surface area contributed by atoms with Gasteiger partial charge in [0.1, 0.15) is 12.0 Å². The number of anilines is 1. The van der Waals surface area contributed by atoms with Crippen LogP contribution >= 0.6 is 0 Å². The third-order valence-electron chi connectivity index (χ3n) is 1.81. The van der Waals surface area contributed by atoms with Crippen molar-refractivity contribution in [3.05, 3.63) is 12.0 Å². The van der Waals surface area contributed by atoms with Gasteiger partial charge in [0.2, 0.25) is 5.88 Å². The smallest absolute Gasteiger partial charge is 0.240 e. The zero-order valence-electron chi connectivity index (χ0n) is 8.49. The van der Waals surface area contributed by atoms with E-state index in [0.717, 1.165) is 5.69 Å². The average Bonchev–Trinajstić information content (AvgIpc) is 2.21. The topological polar surface area (TPSA) is 70.3 Å². The molecule has 0 aromatic carbocycles. The summed E-state index contributed by atoms with van der Waals surface area (Å²) in [5.41, 5.74) is 7.03. The molecule has 5 heteroatoms. The molecule has 1 aromatic rings. The summed E-state index contributed by atoms with van der Waals surface area (Å²) in [7, 11) is 1.53. The molecule has 0 amide bonds. The molecule has 0 radical (unpaired) electrons. The molecule has 14 heavy (non-hydrogen) atoms. The minimum atomic E-state index is 0.423. The van der Waals surface area contributed by atoms with Gasteiger partial charge in [-0.1, -0.05) is 0 Å². The first-order valence-corrected chi connectivity index (χ1v) is 4.50. The highest BCUT2D eigenvalue weighted by Gasteiger charge is 2.07. The van der Waals surface area contributed by atoms with Crippen LogP contribution in [0.25, 0.3) is 0 Å². The predicted octanol–water partition coefficient (Wildman–Crippen LogP) is 0.646. The number of nitrogen functional groups attached to an aromatic ring is 1. The van der Waals surface area contributed by atoms with Crippen LogP contribution < -0.4 is 10.5 Å². The summed E-state index contributed by atoms with van der Waals surface area (Å²) in [5, 5.41) is 0. The van der Waals surface area contributed by atoms with E-state index in [-0.39, 0.29) is 0 Å². The van der Waals surface area contributed by atoms with Crippen LogP contribution in [0.5, 0.6) is 5.88 Å². The Morgan fingerprint density at radius 1 is 1.43 bits per heavy atom. The highest BCUT2D eigenvalue weighted by Crippen LogP contribution is 2.19. The molecule has 1 heterocycles. The van der Waals surface area contributed by atoms with Crippen molar-refractivity contribution in [2.45, 2.75) is 13.3 Å².